The highest BCUT2D eigenvalue weighted by atomic mass is 16.5. The number of nitrogens with one attached hydrogen (secondary N) is 1. The molecule has 0 spiro atoms. The SMILES string of the molecule is CCCC/C=C\C/C=C\CCCCCCCC(=O)OCCCCCCCCCCCCCCC(=O)NC(CO)C(O)/C=C/CCCCCCCCCCCCCCCCCCCCC. The molecule has 0 rings (SSSR count). The molecule has 0 heterocycles. The van der Waals surface area contributed by atoms with E-state index in [2.05, 4.69) is 43.5 Å². The highest BCUT2D eigenvalue weighted by molar-refractivity contribution is 5.76. The number of aliphatic hydroxyl groups excluding tert-OH is 2. The van der Waals surface area contributed by atoms with Crippen LogP contribution in [0.5, 0.6) is 0 Å². The average molecular weight is 901 g/mol. The van der Waals surface area contributed by atoms with Gasteiger partial charge in [0.2, 0.25) is 5.91 Å². The second-order valence-corrected chi connectivity index (χ2v) is 19.3. The first-order valence-corrected chi connectivity index (χ1v) is 28.3. The lowest BCUT2D eigenvalue weighted by atomic mass is 10.0. The van der Waals surface area contributed by atoms with Gasteiger partial charge in [0, 0.05) is 12.8 Å². The van der Waals surface area contributed by atoms with Gasteiger partial charge in [0.1, 0.15) is 0 Å². The summed E-state index contributed by atoms with van der Waals surface area (Å²) in [6.07, 6.45) is 65.8. The summed E-state index contributed by atoms with van der Waals surface area (Å²) in [5.74, 6) is -0.108. The number of aliphatic hydroxyl groups is 2. The van der Waals surface area contributed by atoms with Crippen LogP contribution in [0.15, 0.2) is 36.5 Å². The van der Waals surface area contributed by atoms with E-state index >= 15 is 0 Å². The Kier molecular flexibility index (Phi) is 52.1. The van der Waals surface area contributed by atoms with E-state index in [1.54, 1.807) is 6.08 Å². The number of amides is 1. The zero-order valence-electron chi connectivity index (χ0n) is 42.8. The van der Waals surface area contributed by atoms with Crippen LogP contribution in [0.2, 0.25) is 0 Å². The topological polar surface area (TPSA) is 95.9 Å². The Balaban J connectivity index is 3.51. The maximum Gasteiger partial charge on any atom is 0.305 e. The molecule has 2 unspecified atom stereocenters. The van der Waals surface area contributed by atoms with Gasteiger partial charge in [-0.15, -0.1) is 0 Å². The molecule has 0 saturated carbocycles. The monoisotopic (exact) mass is 900 g/mol. The van der Waals surface area contributed by atoms with Crippen molar-refractivity contribution in [2.75, 3.05) is 13.2 Å². The Morgan fingerprint density at radius 2 is 0.797 bits per heavy atom. The number of ether oxygens (including phenoxy) is 1. The highest BCUT2D eigenvalue weighted by Gasteiger charge is 2.18. The van der Waals surface area contributed by atoms with Crippen molar-refractivity contribution in [2.45, 2.75) is 309 Å². The summed E-state index contributed by atoms with van der Waals surface area (Å²) in [5, 5.41) is 23.2. The first kappa shape index (κ1) is 62.1. The van der Waals surface area contributed by atoms with E-state index in [9.17, 15) is 19.8 Å². The van der Waals surface area contributed by atoms with E-state index in [0.717, 1.165) is 70.6 Å². The van der Waals surface area contributed by atoms with Crippen molar-refractivity contribution in [1.29, 1.82) is 0 Å². The molecule has 0 radical (unpaired) electrons. The number of allylic oxidation sites excluding steroid dienone is 5. The number of rotatable bonds is 52. The number of carbonyl (C=O) groups is 2. The molecule has 0 aliphatic heterocycles. The van der Waals surface area contributed by atoms with Crippen LogP contribution in [0, 0.1) is 0 Å². The lowest BCUT2D eigenvalue weighted by Crippen LogP contribution is -2.45. The molecule has 6 nitrogen and oxygen atoms in total. The molecule has 0 fully saturated rings. The summed E-state index contributed by atoms with van der Waals surface area (Å²) < 4.78 is 5.45. The van der Waals surface area contributed by atoms with Gasteiger partial charge in [0.15, 0.2) is 0 Å². The van der Waals surface area contributed by atoms with E-state index in [-0.39, 0.29) is 18.5 Å². The van der Waals surface area contributed by atoms with Crippen LogP contribution in [0.25, 0.3) is 0 Å². The molecule has 376 valence electrons. The first-order chi connectivity index (χ1) is 31.5. The number of esters is 1. The van der Waals surface area contributed by atoms with Gasteiger partial charge in [-0.2, -0.15) is 0 Å². The fraction of sp³-hybridized carbons (Fsp3) is 0.862. The summed E-state index contributed by atoms with van der Waals surface area (Å²) in [4.78, 5) is 24.5. The number of hydrogen-bond acceptors (Lipinski definition) is 5. The van der Waals surface area contributed by atoms with Crippen molar-refractivity contribution in [3.05, 3.63) is 36.5 Å². The van der Waals surface area contributed by atoms with Crippen molar-refractivity contribution in [2.24, 2.45) is 0 Å². The lowest BCUT2D eigenvalue weighted by molar-refractivity contribution is -0.143. The molecule has 0 bridgehead atoms. The molecule has 1 amide bonds. The van der Waals surface area contributed by atoms with Gasteiger partial charge in [-0.25, -0.2) is 0 Å². The predicted octanol–water partition coefficient (Wildman–Crippen LogP) is 17.2. The minimum Gasteiger partial charge on any atom is -0.466 e. The zero-order chi connectivity index (χ0) is 46.5. The van der Waals surface area contributed by atoms with Gasteiger partial charge in [-0.1, -0.05) is 262 Å². The number of hydrogen-bond donors (Lipinski definition) is 3. The summed E-state index contributed by atoms with van der Waals surface area (Å²) >= 11 is 0. The molecule has 0 saturated heterocycles. The Labute approximate surface area is 398 Å². The van der Waals surface area contributed by atoms with Gasteiger partial charge in [0.25, 0.3) is 0 Å². The maximum absolute atomic E-state index is 12.5. The van der Waals surface area contributed by atoms with Gasteiger partial charge in [0.05, 0.1) is 25.4 Å². The van der Waals surface area contributed by atoms with Gasteiger partial charge in [-0.3, -0.25) is 9.59 Å². The Morgan fingerprint density at radius 1 is 0.438 bits per heavy atom. The largest absolute Gasteiger partial charge is 0.466 e. The van der Waals surface area contributed by atoms with E-state index in [4.69, 9.17) is 4.74 Å². The molecule has 64 heavy (non-hydrogen) atoms. The highest BCUT2D eigenvalue weighted by Crippen LogP contribution is 2.17. The number of unbranched alkanes of at least 4 members (excludes halogenated alkanes) is 37. The molecule has 0 aromatic carbocycles. The molecule has 0 aromatic heterocycles. The van der Waals surface area contributed by atoms with E-state index in [1.165, 1.54) is 199 Å². The van der Waals surface area contributed by atoms with Crippen LogP contribution in [0.1, 0.15) is 296 Å². The van der Waals surface area contributed by atoms with Crippen molar-refractivity contribution in [3.8, 4) is 0 Å². The first-order valence-electron chi connectivity index (χ1n) is 28.3. The van der Waals surface area contributed by atoms with Crippen LogP contribution in [0.4, 0.5) is 0 Å². The third kappa shape index (κ3) is 49.5. The molecule has 3 N–H and O–H groups in total. The average Bonchev–Trinajstić information content (AvgIpc) is 3.29. The molecule has 2 atom stereocenters. The van der Waals surface area contributed by atoms with Crippen molar-refractivity contribution in [3.63, 3.8) is 0 Å². The zero-order valence-corrected chi connectivity index (χ0v) is 42.8. The quantitative estimate of drug-likeness (QED) is 0.0321. The van der Waals surface area contributed by atoms with Gasteiger partial charge < -0.3 is 20.3 Å². The summed E-state index contributed by atoms with van der Waals surface area (Å²) in [6, 6.07) is -0.641. The molecule has 0 aliphatic rings. The molecule has 0 aromatic rings. The van der Waals surface area contributed by atoms with Crippen LogP contribution in [-0.4, -0.2) is 47.4 Å². The van der Waals surface area contributed by atoms with Gasteiger partial charge in [-0.05, 0) is 57.8 Å². The van der Waals surface area contributed by atoms with E-state index in [1.807, 2.05) is 6.08 Å². The smallest absolute Gasteiger partial charge is 0.305 e. The normalized spacial score (nSPS) is 12.9. The van der Waals surface area contributed by atoms with Crippen LogP contribution >= 0.6 is 0 Å². The third-order valence-electron chi connectivity index (χ3n) is 12.9. The Hall–Kier alpha value is -1.92. The Bertz CT molecular complexity index is 1040. The summed E-state index contributed by atoms with van der Waals surface area (Å²) in [5.41, 5.74) is 0. The maximum atomic E-state index is 12.5. The van der Waals surface area contributed by atoms with Crippen LogP contribution < -0.4 is 5.32 Å². The predicted molar refractivity (Wildman–Crippen MR) is 278 cm³/mol. The van der Waals surface area contributed by atoms with E-state index < -0.39 is 12.1 Å². The minimum absolute atomic E-state index is 0.0253. The van der Waals surface area contributed by atoms with Crippen LogP contribution in [-0.2, 0) is 14.3 Å². The number of carbonyl (C=O) groups excluding carboxylic acids is 2. The standard InChI is InChI=1S/C58H109NO5/c1-3-5-7-9-11-13-15-17-19-20-21-22-23-24-25-26-30-34-38-42-46-50-56(61)55(54-60)59-57(62)51-47-43-39-35-31-28-29-33-37-41-45-49-53-64-58(63)52-48-44-40-36-32-27-18-16-14-12-10-8-6-4-2/h10,12,16,18,46,50,55-56,60-61H,3-9,11,13-15,17,19-45,47-49,51-54H2,1-2H3,(H,59,62)/b12-10-,18-16-,50-46+. The van der Waals surface area contributed by atoms with Gasteiger partial charge >= 0.3 is 5.97 Å². The second kappa shape index (κ2) is 53.7. The fourth-order valence-electron chi connectivity index (χ4n) is 8.53. The minimum atomic E-state index is -0.857. The molecule has 6 heteroatoms. The van der Waals surface area contributed by atoms with Crippen LogP contribution in [0.3, 0.4) is 0 Å². The molecular formula is C58H109NO5. The van der Waals surface area contributed by atoms with Crippen molar-refractivity contribution >= 4 is 11.9 Å². The molecular weight excluding hydrogens is 791 g/mol. The summed E-state index contributed by atoms with van der Waals surface area (Å²) in [6.45, 7) is 4.83. The fourth-order valence-corrected chi connectivity index (χ4v) is 8.53. The molecule has 0 aliphatic carbocycles. The van der Waals surface area contributed by atoms with Crippen molar-refractivity contribution in [1.82, 2.24) is 5.32 Å². The second-order valence-electron chi connectivity index (χ2n) is 19.3. The Morgan fingerprint density at radius 3 is 1.23 bits per heavy atom. The summed E-state index contributed by atoms with van der Waals surface area (Å²) in [7, 11) is 0. The lowest BCUT2D eigenvalue weighted by Gasteiger charge is -2.20. The van der Waals surface area contributed by atoms with E-state index in [0.29, 0.717) is 19.4 Å². The van der Waals surface area contributed by atoms with Crippen molar-refractivity contribution < 1.29 is 24.5 Å². The third-order valence-corrected chi connectivity index (χ3v) is 12.9.